The van der Waals surface area contributed by atoms with Crippen molar-refractivity contribution in [2.45, 2.75) is 27.3 Å². The van der Waals surface area contributed by atoms with Crippen LogP contribution in [0.15, 0.2) is 41.3 Å². The summed E-state index contributed by atoms with van der Waals surface area (Å²) >= 11 is 0. The monoisotopic (exact) mass is 366 g/mol. The van der Waals surface area contributed by atoms with E-state index in [4.69, 9.17) is 0 Å². The van der Waals surface area contributed by atoms with Crippen molar-refractivity contribution in [3.05, 3.63) is 52.4 Å². The molecule has 0 radical (unpaired) electrons. The second-order valence-corrected chi connectivity index (χ2v) is 6.05. The molecular weight excluding hydrogens is 344 g/mol. The smallest absolute Gasteiger partial charge is 0.343 e. The summed E-state index contributed by atoms with van der Waals surface area (Å²) in [5, 5.41) is 10.3. The van der Waals surface area contributed by atoms with Gasteiger partial charge in [-0.3, -0.25) is 9.36 Å². The van der Waals surface area contributed by atoms with Crippen molar-refractivity contribution in [3.8, 4) is 11.4 Å². The van der Waals surface area contributed by atoms with Crippen LogP contribution in [-0.2, 0) is 6.54 Å². The molecule has 0 atom stereocenters. The van der Waals surface area contributed by atoms with Crippen LogP contribution in [0.3, 0.4) is 0 Å². The fourth-order valence-corrected chi connectivity index (χ4v) is 3.29. The second kappa shape index (κ2) is 7.57. The number of fused-ring (bicyclic) bond motifs is 1. The van der Waals surface area contributed by atoms with Crippen LogP contribution in [0.5, 0.6) is 0 Å². The molecule has 2 heterocycles. The minimum Gasteiger partial charge on any atom is -0.477 e. The van der Waals surface area contributed by atoms with Gasteiger partial charge in [-0.05, 0) is 20.8 Å². The number of hydrogen-bond acceptors (Lipinski definition) is 5. The number of aromatic carboxylic acids is 1. The van der Waals surface area contributed by atoms with E-state index in [1.165, 1.54) is 4.57 Å². The minimum atomic E-state index is -1.24. The molecule has 140 valence electrons. The molecule has 0 unspecified atom stereocenters. The lowest BCUT2D eigenvalue weighted by Crippen LogP contribution is -2.33. The van der Waals surface area contributed by atoms with Crippen molar-refractivity contribution in [1.82, 2.24) is 14.5 Å². The van der Waals surface area contributed by atoms with Crippen LogP contribution in [0.1, 0.15) is 31.1 Å². The van der Waals surface area contributed by atoms with Gasteiger partial charge < -0.3 is 10.0 Å². The van der Waals surface area contributed by atoms with E-state index < -0.39 is 11.5 Å². The number of carboxylic acids is 1. The van der Waals surface area contributed by atoms with Crippen molar-refractivity contribution in [1.29, 1.82) is 0 Å². The molecule has 3 aromatic rings. The van der Waals surface area contributed by atoms with E-state index in [1.807, 2.05) is 49.1 Å². The zero-order valence-electron chi connectivity index (χ0n) is 15.6. The highest BCUT2D eigenvalue weighted by molar-refractivity contribution is 6.03. The van der Waals surface area contributed by atoms with Gasteiger partial charge >= 0.3 is 5.97 Å². The molecular formula is C20H22N4O3. The predicted octanol–water partition coefficient (Wildman–Crippen LogP) is 3.02. The highest BCUT2D eigenvalue weighted by atomic mass is 16.4. The molecule has 0 aliphatic carbocycles. The highest BCUT2D eigenvalue weighted by Gasteiger charge is 2.25. The fourth-order valence-electron chi connectivity index (χ4n) is 3.29. The van der Waals surface area contributed by atoms with Crippen LogP contribution < -0.4 is 10.5 Å². The standard InChI is InChI=1S/C20H22N4O3/c1-4-23(5-2)16-14-12-21-17(13-10-8-7-9-11-13)22-18(14)24(6-3)19(25)15(16)20(26)27/h7-12H,4-6H2,1-3H3,(H,26,27). The molecule has 0 bridgehead atoms. The number of rotatable bonds is 6. The van der Waals surface area contributed by atoms with Crippen molar-refractivity contribution in [2.75, 3.05) is 18.0 Å². The van der Waals surface area contributed by atoms with E-state index in [0.717, 1.165) is 5.56 Å². The van der Waals surface area contributed by atoms with Crippen molar-refractivity contribution < 1.29 is 9.90 Å². The Bertz CT molecular complexity index is 1040. The molecule has 3 rings (SSSR count). The molecule has 0 aliphatic heterocycles. The van der Waals surface area contributed by atoms with Gasteiger partial charge in [-0.25, -0.2) is 14.8 Å². The maximum atomic E-state index is 13.0. The van der Waals surface area contributed by atoms with Crippen LogP contribution in [0.2, 0.25) is 0 Å². The molecule has 0 amide bonds. The van der Waals surface area contributed by atoms with Crippen molar-refractivity contribution in [2.24, 2.45) is 0 Å². The van der Waals surface area contributed by atoms with E-state index >= 15 is 0 Å². The number of carbonyl (C=O) groups is 1. The van der Waals surface area contributed by atoms with Gasteiger partial charge in [0.15, 0.2) is 5.82 Å². The fraction of sp³-hybridized carbons (Fsp3) is 0.300. The number of aromatic nitrogens is 3. The molecule has 0 fully saturated rings. The van der Waals surface area contributed by atoms with Gasteiger partial charge in [0.25, 0.3) is 5.56 Å². The topological polar surface area (TPSA) is 88.3 Å². The number of pyridine rings is 1. The van der Waals surface area contributed by atoms with E-state index in [-0.39, 0.29) is 5.56 Å². The number of carboxylic acid groups (broad SMARTS) is 1. The summed E-state index contributed by atoms with van der Waals surface area (Å²) in [7, 11) is 0. The molecule has 2 aromatic heterocycles. The third-order valence-corrected chi connectivity index (χ3v) is 4.62. The lowest BCUT2D eigenvalue weighted by Gasteiger charge is -2.25. The molecule has 0 saturated carbocycles. The first-order valence-electron chi connectivity index (χ1n) is 9.00. The lowest BCUT2D eigenvalue weighted by atomic mass is 10.1. The molecule has 7 nitrogen and oxygen atoms in total. The summed E-state index contributed by atoms with van der Waals surface area (Å²) in [6, 6.07) is 9.48. The molecule has 7 heteroatoms. The van der Waals surface area contributed by atoms with Gasteiger partial charge in [-0.2, -0.15) is 0 Å². The van der Waals surface area contributed by atoms with E-state index in [1.54, 1.807) is 13.1 Å². The quantitative estimate of drug-likeness (QED) is 0.721. The second-order valence-electron chi connectivity index (χ2n) is 6.05. The summed E-state index contributed by atoms with van der Waals surface area (Å²) in [6.07, 6.45) is 1.62. The summed E-state index contributed by atoms with van der Waals surface area (Å²) in [6.45, 7) is 7.11. The van der Waals surface area contributed by atoms with Gasteiger partial charge in [0.2, 0.25) is 0 Å². The third-order valence-electron chi connectivity index (χ3n) is 4.62. The molecule has 0 saturated heterocycles. The number of benzene rings is 1. The third kappa shape index (κ3) is 3.16. The molecule has 1 aromatic carbocycles. The first-order valence-corrected chi connectivity index (χ1v) is 9.00. The molecule has 27 heavy (non-hydrogen) atoms. The summed E-state index contributed by atoms with van der Waals surface area (Å²) in [5.74, 6) is -0.739. The summed E-state index contributed by atoms with van der Waals surface area (Å²) < 4.78 is 1.40. The number of nitrogens with zero attached hydrogens (tertiary/aromatic N) is 4. The Balaban J connectivity index is 2.43. The summed E-state index contributed by atoms with van der Waals surface area (Å²) in [4.78, 5) is 35.8. The Labute approximate surface area is 156 Å². The van der Waals surface area contributed by atoms with Gasteiger partial charge in [0.1, 0.15) is 11.2 Å². The Hall–Kier alpha value is -3.22. The Morgan fingerprint density at radius 1 is 1.15 bits per heavy atom. The van der Waals surface area contributed by atoms with Crippen LogP contribution in [0.4, 0.5) is 5.69 Å². The first kappa shape index (κ1) is 18.6. The van der Waals surface area contributed by atoms with Gasteiger partial charge in [0.05, 0.1) is 11.1 Å². The minimum absolute atomic E-state index is 0.232. The van der Waals surface area contributed by atoms with Crippen LogP contribution >= 0.6 is 0 Å². The largest absolute Gasteiger partial charge is 0.477 e. The number of aryl methyl sites for hydroxylation is 1. The first-order chi connectivity index (χ1) is 13.0. The number of anilines is 1. The van der Waals surface area contributed by atoms with E-state index in [0.29, 0.717) is 42.2 Å². The average Bonchev–Trinajstić information content (AvgIpc) is 2.69. The van der Waals surface area contributed by atoms with Gasteiger partial charge in [-0.15, -0.1) is 0 Å². The van der Waals surface area contributed by atoms with Crippen LogP contribution in [0.25, 0.3) is 22.4 Å². The zero-order chi connectivity index (χ0) is 19.6. The van der Waals surface area contributed by atoms with Crippen LogP contribution in [-0.4, -0.2) is 38.7 Å². The number of hydrogen-bond donors (Lipinski definition) is 1. The Morgan fingerprint density at radius 2 is 1.81 bits per heavy atom. The molecule has 0 spiro atoms. The Morgan fingerprint density at radius 3 is 2.37 bits per heavy atom. The Kier molecular flexibility index (Phi) is 5.21. The highest BCUT2D eigenvalue weighted by Crippen LogP contribution is 2.29. The lowest BCUT2D eigenvalue weighted by molar-refractivity contribution is 0.0695. The predicted molar refractivity (Wildman–Crippen MR) is 105 cm³/mol. The van der Waals surface area contributed by atoms with Crippen LogP contribution in [0, 0.1) is 0 Å². The van der Waals surface area contributed by atoms with E-state index in [2.05, 4.69) is 9.97 Å². The molecule has 1 N–H and O–H groups in total. The average molecular weight is 366 g/mol. The van der Waals surface area contributed by atoms with Gasteiger partial charge in [0, 0.05) is 31.4 Å². The maximum Gasteiger partial charge on any atom is 0.343 e. The normalized spacial score (nSPS) is 10.9. The SMILES string of the molecule is CCN(CC)c1c(C(=O)O)c(=O)n(CC)c2nc(-c3ccccc3)ncc12. The zero-order valence-corrected chi connectivity index (χ0v) is 15.6. The van der Waals surface area contributed by atoms with E-state index in [9.17, 15) is 14.7 Å². The van der Waals surface area contributed by atoms with Crippen molar-refractivity contribution in [3.63, 3.8) is 0 Å². The maximum absolute atomic E-state index is 13.0. The molecule has 0 aliphatic rings. The summed E-state index contributed by atoms with van der Waals surface area (Å²) in [5.41, 5.74) is 0.891. The van der Waals surface area contributed by atoms with Gasteiger partial charge in [-0.1, -0.05) is 30.3 Å². The van der Waals surface area contributed by atoms with Crippen molar-refractivity contribution >= 4 is 22.7 Å².